The van der Waals surface area contributed by atoms with E-state index in [0.717, 1.165) is 10.8 Å². The Bertz CT molecular complexity index is 860. The molecule has 2 aromatic carbocycles. The molecule has 1 amide bonds. The van der Waals surface area contributed by atoms with Gasteiger partial charge in [0.05, 0.1) is 23.7 Å². The Morgan fingerprint density at radius 1 is 1.25 bits per heavy atom. The molecule has 3 rings (SSSR count). The molecule has 0 aromatic heterocycles. The standard InChI is InChI=1S/C18H21NO4S/c1-2-23-16-8-7-14-5-3-4-6-15(14)17(16)18(20)19-11-13-9-10-24(21,22)12-13/h3-8,13H,2,9-12H2,1H3,(H,19,20). The molecule has 0 aliphatic carbocycles. The Kier molecular flexibility index (Phi) is 4.76. The Morgan fingerprint density at radius 3 is 2.75 bits per heavy atom. The van der Waals surface area contributed by atoms with E-state index < -0.39 is 9.84 Å². The van der Waals surface area contributed by atoms with Gasteiger partial charge in [0.25, 0.3) is 5.91 Å². The molecule has 128 valence electrons. The van der Waals surface area contributed by atoms with Crippen molar-refractivity contribution in [3.8, 4) is 5.75 Å². The maximum absolute atomic E-state index is 12.7. The number of hydrogen-bond donors (Lipinski definition) is 1. The Labute approximate surface area is 141 Å². The lowest BCUT2D eigenvalue weighted by molar-refractivity contribution is 0.0946. The molecule has 0 bridgehead atoms. The number of benzene rings is 2. The normalized spacial score (nSPS) is 19.3. The van der Waals surface area contributed by atoms with Crippen molar-refractivity contribution >= 4 is 26.5 Å². The molecule has 0 radical (unpaired) electrons. The second-order valence-corrected chi connectivity index (χ2v) is 8.30. The molecule has 1 aliphatic heterocycles. The van der Waals surface area contributed by atoms with Gasteiger partial charge in [-0.15, -0.1) is 0 Å². The molecule has 1 aliphatic rings. The van der Waals surface area contributed by atoms with Crippen LogP contribution in [0.4, 0.5) is 0 Å². The average molecular weight is 347 g/mol. The molecule has 0 saturated carbocycles. The van der Waals surface area contributed by atoms with Gasteiger partial charge in [0.2, 0.25) is 0 Å². The highest BCUT2D eigenvalue weighted by molar-refractivity contribution is 7.91. The Balaban J connectivity index is 1.84. The van der Waals surface area contributed by atoms with Crippen LogP contribution < -0.4 is 10.1 Å². The first-order chi connectivity index (χ1) is 11.5. The van der Waals surface area contributed by atoms with Crippen molar-refractivity contribution in [2.75, 3.05) is 24.7 Å². The molecule has 1 unspecified atom stereocenters. The van der Waals surface area contributed by atoms with E-state index in [9.17, 15) is 13.2 Å². The number of amides is 1. The van der Waals surface area contributed by atoms with Gasteiger partial charge >= 0.3 is 0 Å². The molecule has 1 fully saturated rings. The summed E-state index contributed by atoms with van der Waals surface area (Å²) in [5.74, 6) is 0.685. The summed E-state index contributed by atoms with van der Waals surface area (Å²) >= 11 is 0. The highest BCUT2D eigenvalue weighted by Gasteiger charge is 2.28. The number of carbonyl (C=O) groups is 1. The van der Waals surface area contributed by atoms with Crippen LogP contribution in [0.5, 0.6) is 5.75 Å². The first kappa shape index (κ1) is 16.8. The number of sulfone groups is 1. The van der Waals surface area contributed by atoms with Gasteiger partial charge in [0, 0.05) is 6.54 Å². The molecule has 5 nitrogen and oxygen atoms in total. The lowest BCUT2D eigenvalue weighted by Gasteiger charge is -2.15. The summed E-state index contributed by atoms with van der Waals surface area (Å²) in [7, 11) is -2.94. The second kappa shape index (κ2) is 6.81. The minimum atomic E-state index is -2.94. The van der Waals surface area contributed by atoms with Crippen LogP contribution in [0, 0.1) is 5.92 Å². The maximum Gasteiger partial charge on any atom is 0.255 e. The van der Waals surface area contributed by atoms with Crippen molar-refractivity contribution in [1.82, 2.24) is 5.32 Å². The molecule has 1 N–H and O–H groups in total. The first-order valence-corrected chi connectivity index (χ1v) is 9.95. The summed E-state index contributed by atoms with van der Waals surface area (Å²) in [5, 5.41) is 4.69. The van der Waals surface area contributed by atoms with Crippen LogP contribution >= 0.6 is 0 Å². The second-order valence-electron chi connectivity index (χ2n) is 6.07. The maximum atomic E-state index is 12.7. The zero-order valence-electron chi connectivity index (χ0n) is 13.6. The summed E-state index contributed by atoms with van der Waals surface area (Å²) in [6, 6.07) is 11.4. The number of rotatable bonds is 5. The van der Waals surface area contributed by atoms with Crippen molar-refractivity contribution < 1.29 is 17.9 Å². The lowest BCUT2D eigenvalue weighted by atomic mass is 10.0. The van der Waals surface area contributed by atoms with Crippen LogP contribution in [-0.4, -0.2) is 39.0 Å². The molecule has 1 saturated heterocycles. The van der Waals surface area contributed by atoms with E-state index in [0.29, 0.717) is 30.9 Å². The molecule has 2 aromatic rings. The number of carbonyl (C=O) groups excluding carboxylic acids is 1. The number of hydrogen-bond acceptors (Lipinski definition) is 4. The van der Waals surface area contributed by atoms with E-state index in [1.807, 2.05) is 37.3 Å². The van der Waals surface area contributed by atoms with Crippen molar-refractivity contribution in [2.45, 2.75) is 13.3 Å². The van der Waals surface area contributed by atoms with Gasteiger partial charge in [-0.05, 0) is 36.1 Å². The van der Waals surface area contributed by atoms with Crippen LogP contribution in [0.2, 0.25) is 0 Å². The molecular formula is C18H21NO4S. The number of nitrogens with one attached hydrogen (secondary N) is 1. The fraction of sp³-hybridized carbons (Fsp3) is 0.389. The zero-order chi connectivity index (χ0) is 17.2. The van der Waals surface area contributed by atoms with Crippen molar-refractivity contribution in [3.05, 3.63) is 42.0 Å². The quantitative estimate of drug-likeness (QED) is 0.901. The van der Waals surface area contributed by atoms with Crippen molar-refractivity contribution in [2.24, 2.45) is 5.92 Å². The number of ether oxygens (including phenoxy) is 1. The van der Waals surface area contributed by atoms with Crippen LogP contribution in [0.15, 0.2) is 36.4 Å². The van der Waals surface area contributed by atoms with Gasteiger partial charge in [-0.3, -0.25) is 4.79 Å². The molecular weight excluding hydrogens is 326 g/mol. The summed E-state index contributed by atoms with van der Waals surface area (Å²) in [4.78, 5) is 12.7. The first-order valence-electron chi connectivity index (χ1n) is 8.13. The van der Waals surface area contributed by atoms with Gasteiger partial charge in [-0.2, -0.15) is 0 Å². The summed E-state index contributed by atoms with van der Waals surface area (Å²) in [6.07, 6.45) is 0.608. The van der Waals surface area contributed by atoms with Gasteiger partial charge in [0.15, 0.2) is 9.84 Å². The summed E-state index contributed by atoms with van der Waals surface area (Å²) in [6.45, 7) is 2.71. The summed E-state index contributed by atoms with van der Waals surface area (Å²) < 4.78 is 28.7. The van der Waals surface area contributed by atoms with Gasteiger partial charge in [-0.25, -0.2) is 8.42 Å². The van der Waals surface area contributed by atoms with Crippen LogP contribution in [-0.2, 0) is 9.84 Å². The van der Waals surface area contributed by atoms with Crippen molar-refractivity contribution in [3.63, 3.8) is 0 Å². The van der Waals surface area contributed by atoms with Crippen molar-refractivity contribution in [1.29, 1.82) is 0 Å². The minimum absolute atomic E-state index is 0.00975. The molecule has 1 atom stereocenters. The third-order valence-corrected chi connectivity index (χ3v) is 6.13. The zero-order valence-corrected chi connectivity index (χ0v) is 14.4. The van der Waals surface area contributed by atoms with Gasteiger partial charge in [-0.1, -0.05) is 30.3 Å². The van der Waals surface area contributed by atoms with E-state index in [2.05, 4.69) is 5.32 Å². The van der Waals surface area contributed by atoms with E-state index in [4.69, 9.17) is 4.74 Å². The van der Waals surface area contributed by atoms with Gasteiger partial charge < -0.3 is 10.1 Å². The van der Waals surface area contributed by atoms with E-state index >= 15 is 0 Å². The molecule has 6 heteroatoms. The Hall–Kier alpha value is -2.08. The van der Waals surface area contributed by atoms with E-state index in [-0.39, 0.29) is 23.3 Å². The monoisotopic (exact) mass is 347 g/mol. The third-order valence-electron chi connectivity index (χ3n) is 4.30. The van der Waals surface area contributed by atoms with Crippen LogP contribution in [0.25, 0.3) is 10.8 Å². The summed E-state index contributed by atoms with van der Waals surface area (Å²) in [5.41, 5.74) is 0.510. The lowest BCUT2D eigenvalue weighted by Crippen LogP contribution is -2.30. The molecule has 0 spiro atoms. The third kappa shape index (κ3) is 3.53. The van der Waals surface area contributed by atoms with Crippen LogP contribution in [0.3, 0.4) is 0 Å². The van der Waals surface area contributed by atoms with Crippen LogP contribution in [0.1, 0.15) is 23.7 Å². The smallest absolute Gasteiger partial charge is 0.255 e. The minimum Gasteiger partial charge on any atom is -0.493 e. The highest BCUT2D eigenvalue weighted by Crippen LogP contribution is 2.28. The highest BCUT2D eigenvalue weighted by atomic mass is 32.2. The largest absolute Gasteiger partial charge is 0.493 e. The average Bonchev–Trinajstić information content (AvgIpc) is 2.92. The van der Waals surface area contributed by atoms with E-state index in [1.165, 1.54) is 0 Å². The van der Waals surface area contributed by atoms with Gasteiger partial charge in [0.1, 0.15) is 5.75 Å². The number of fused-ring (bicyclic) bond motifs is 1. The topological polar surface area (TPSA) is 72.5 Å². The predicted molar refractivity (Wildman–Crippen MR) is 94.2 cm³/mol. The molecule has 24 heavy (non-hydrogen) atoms. The SMILES string of the molecule is CCOc1ccc2ccccc2c1C(=O)NCC1CCS(=O)(=O)C1. The fourth-order valence-corrected chi connectivity index (χ4v) is 4.98. The molecule has 1 heterocycles. The predicted octanol–water partition coefficient (Wildman–Crippen LogP) is 2.40. The van der Waals surface area contributed by atoms with E-state index in [1.54, 1.807) is 6.07 Å². The Morgan fingerprint density at radius 2 is 2.04 bits per heavy atom. The fourth-order valence-electron chi connectivity index (χ4n) is 3.12.